The number of nitrogens with zero attached hydrogens (tertiary/aromatic N) is 1. The van der Waals surface area contributed by atoms with Gasteiger partial charge in [0.15, 0.2) is 0 Å². The van der Waals surface area contributed by atoms with Gasteiger partial charge in [0.05, 0.1) is 31.0 Å². The van der Waals surface area contributed by atoms with Crippen LogP contribution in [0.5, 0.6) is 0 Å². The highest BCUT2D eigenvalue weighted by molar-refractivity contribution is 4.83. The molecule has 0 unspecified atom stereocenters. The highest BCUT2D eigenvalue weighted by Gasteiger charge is 2.33. The molecule has 2 rings (SSSR count). The van der Waals surface area contributed by atoms with E-state index < -0.39 is 0 Å². The zero-order valence-corrected chi connectivity index (χ0v) is 15.6. The summed E-state index contributed by atoms with van der Waals surface area (Å²) in [7, 11) is 0. The summed E-state index contributed by atoms with van der Waals surface area (Å²) in [5.41, 5.74) is 0. The molecule has 0 atom stereocenters. The maximum atomic E-state index is 6.24. The molecule has 23 heavy (non-hydrogen) atoms. The predicted octanol–water partition coefficient (Wildman–Crippen LogP) is 3.49. The molecule has 4 heteroatoms. The largest absolute Gasteiger partial charge is 0.378 e. The molecule has 0 aromatic carbocycles. The van der Waals surface area contributed by atoms with Gasteiger partial charge in [-0.1, -0.05) is 13.8 Å². The molecule has 1 aliphatic carbocycles. The normalized spacial score (nSPS) is 26.9. The lowest BCUT2D eigenvalue weighted by Gasteiger charge is -2.40. The van der Waals surface area contributed by atoms with Crippen molar-refractivity contribution in [1.29, 1.82) is 0 Å². The van der Waals surface area contributed by atoms with Crippen LogP contribution in [0.3, 0.4) is 0 Å². The minimum Gasteiger partial charge on any atom is -0.378 e. The van der Waals surface area contributed by atoms with Crippen LogP contribution in [0.4, 0.5) is 0 Å². The van der Waals surface area contributed by atoms with E-state index in [1.165, 1.54) is 6.42 Å². The maximum absolute atomic E-state index is 6.24. The summed E-state index contributed by atoms with van der Waals surface area (Å²) in [4.78, 5) is 2.50. The van der Waals surface area contributed by atoms with E-state index in [1.54, 1.807) is 0 Å². The zero-order valence-electron chi connectivity index (χ0n) is 15.6. The quantitative estimate of drug-likeness (QED) is 0.614. The second-order valence-corrected chi connectivity index (χ2v) is 7.87. The maximum Gasteiger partial charge on any atom is 0.0628 e. The van der Waals surface area contributed by atoms with Gasteiger partial charge in [-0.05, 0) is 51.9 Å². The Labute approximate surface area is 142 Å². The van der Waals surface area contributed by atoms with Gasteiger partial charge < -0.3 is 19.1 Å². The van der Waals surface area contributed by atoms with Gasteiger partial charge in [0.1, 0.15) is 0 Å². The second-order valence-electron chi connectivity index (χ2n) is 7.87. The third-order valence-electron chi connectivity index (χ3n) is 4.88. The highest BCUT2D eigenvalue weighted by Crippen LogP contribution is 2.29. The van der Waals surface area contributed by atoms with Crippen LogP contribution in [0.15, 0.2) is 0 Å². The molecule has 1 saturated carbocycles. The fraction of sp³-hybridized carbons (Fsp3) is 1.00. The van der Waals surface area contributed by atoms with E-state index in [-0.39, 0.29) is 0 Å². The molecule has 0 amide bonds. The predicted molar refractivity (Wildman–Crippen MR) is 93.9 cm³/mol. The van der Waals surface area contributed by atoms with Crippen molar-refractivity contribution >= 4 is 0 Å². The van der Waals surface area contributed by atoms with E-state index in [2.05, 4.69) is 32.6 Å². The summed E-state index contributed by atoms with van der Waals surface area (Å²) in [6.45, 7) is 13.8. The lowest BCUT2D eigenvalue weighted by molar-refractivity contribution is -0.136. The van der Waals surface area contributed by atoms with Crippen molar-refractivity contribution in [3.8, 4) is 0 Å². The Bertz CT molecular complexity index is 308. The molecule has 0 aromatic heterocycles. The van der Waals surface area contributed by atoms with E-state index in [4.69, 9.17) is 14.2 Å². The van der Waals surface area contributed by atoms with Crippen molar-refractivity contribution in [3.05, 3.63) is 0 Å². The summed E-state index contributed by atoms with van der Waals surface area (Å²) < 4.78 is 17.8. The molecule has 136 valence electrons. The fourth-order valence-corrected chi connectivity index (χ4v) is 3.19. The van der Waals surface area contributed by atoms with Crippen molar-refractivity contribution in [1.82, 2.24) is 4.90 Å². The molecular formula is C19H37NO3. The first-order valence-corrected chi connectivity index (χ1v) is 9.64. The second kappa shape index (κ2) is 9.97. The first-order chi connectivity index (χ1) is 11.0. The van der Waals surface area contributed by atoms with E-state index >= 15 is 0 Å². The van der Waals surface area contributed by atoms with Gasteiger partial charge in [-0.15, -0.1) is 0 Å². The minimum absolute atomic E-state index is 0.338. The van der Waals surface area contributed by atoms with Crippen LogP contribution >= 0.6 is 0 Å². The summed E-state index contributed by atoms with van der Waals surface area (Å²) in [5.74, 6) is 0.734. The van der Waals surface area contributed by atoms with Gasteiger partial charge in [0.25, 0.3) is 0 Å². The lowest BCUT2D eigenvalue weighted by Crippen LogP contribution is -2.44. The van der Waals surface area contributed by atoms with Gasteiger partial charge in [-0.2, -0.15) is 0 Å². The standard InChI is InChI=1S/C19H37NO3/c1-15(2)7-11-22-18-13-19(14-18)23-17-5-8-20(9-6-17)10-12-21-16(3)4/h15-19H,5-14H2,1-4H3/t18-,19-. The number of ether oxygens (including phenoxy) is 3. The summed E-state index contributed by atoms with van der Waals surface area (Å²) in [6, 6.07) is 0. The van der Waals surface area contributed by atoms with Crippen LogP contribution in [0.2, 0.25) is 0 Å². The van der Waals surface area contributed by atoms with Crippen molar-refractivity contribution in [2.75, 3.05) is 32.8 Å². The van der Waals surface area contributed by atoms with E-state index in [1.807, 2.05) is 0 Å². The molecule has 2 aliphatic rings. The fourth-order valence-electron chi connectivity index (χ4n) is 3.19. The Morgan fingerprint density at radius 2 is 1.61 bits per heavy atom. The first-order valence-electron chi connectivity index (χ1n) is 9.64. The molecule has 4 nitrogen and oxygen atoms in total. The van der Waals surface area contributed by atoms with E-state index in [0.717, 1.165) is 64.4 Å². The molecule has 1 saturated heterocycles. The molecule has 1 aliphatic heterocycles. The number of rotatable bonds is 10. The van der Waals surface area contributed by atoms with Crippen LogP contribution in [0.25, 0.3) is 0 Å². The number of hydrogen-bond acceptors (Lipinski definition) is 4. The molecule has 0 spiro atoms. The Morgan fingerprint density at radius 3 is 2.22 bits per heavy atom. The molecule has 0 bridgehead atoms. The zero-order chi connectivity index (χ0) is 16.7. The van der Waals surface area contributed by atoms with Crippen molar-refractivity contribution in [3.63, 3.8) is 0 Å². The van der Waals surface area contributed by atoms with E-state index in [9.17, 15) is 0 Å². The average molecular weight is 328 g/mol. The van der Waals surface area contributed by atoms with Crippen LogP contribution < -0.4 is 0 Å². The average Bonchev–Trinajstić information content (AvgIpc) is 2.45. The first kappa shape index (κ1) is 19.2. The molecule has 0 aromatic rings. The Morgan fingerprint density at radius 1 is 0.913 bits per heavy atom. The summed E-state index contributed by atoms with van der Waals surface area (Å²) in [5, 5.41) is 0. The van der Waals surface area contributed by atoms with Crippen LogP contribution in [-0.4, -0.2) is 62.2 Å². The van der Waals surface area contributed by atoms with Crippen LogP contribution in [-0.2, 0) is 14.2 Å². The number of likely N-dealkylation sites (tertiary alicyclic amines) is 1. The smallest absolute Gasteiger partial charge is 0.0628 e. The third-order valence-corrected chi connectivity index (χ3v) is 4.88. The van der Waals surface area contributed by atoms with Crippen LogP contribution in [0.1, 0.15) is 59.8 Å². The van der Waals surface area contributed by atoms with Gasteiger partial charge in [0, 0.05) is 26.2 Å². The highest BCUT2D eigenvalue weighted by atomic mass is 16.5. The third kappa shape index (κ3) is 7.51. The van der Waals surface area contributed by atoms with Gasteiger partial charge >= 0.3 is 0 Å². The topological polar surface area (TPSA) is 30.9 Å². The molecule has 2 fully saturated rings. The lowest BCUT2D eigenvalue weighted by atomic mass is 9.91. The van der Waals surface area contributed by atoms with Crippen molar-refractivity contribution in [2.24, 2.45) is 5.92 Å². The molecule has 0 N–H and O–H groups in total. The molecule has 0 radical (unpaired) electrons. The summed E-state index contributed by atoms with van der Waals surface area (Å²) in [6.07, 6.45) is 7.38. The monoisotopic (exact) mass is 327 g/mol. The SMILES string of the molecule is CC(C)CCO[C@H]1C[C@H](OC2CCN(CCOC(C)C)CC2)C1. The van der Waals surface area contributed by atoms with Gasteiger partial charge in [0.2, 0.25) is 0 Å². The number of hydrogen-bond donors (Lipinski definition) is 0. The van der Waals surface area contributed by atoms with Gasteiger partial charge in [-0.3, -0.25) is 0 Å². The molecular weight excluding hydrogens is 290 g/mol. The summed E-state index contributed by atoms with van der Waals surface area (Å²) >= 11 is 0. The molecule has 1 heterocycles. The number of piperidine rings is 1. The van der Waals surface area contributed by atoms with E-state index in [0.29, 0.717) is 24.4 Å². The van der Waals surface area contributed by atoms with Crippen molar-refractivity contribution in [2.45, 2.75) is 84.2 Å². The minimum atomic E-state index is 0.338. The van der Waals surface area contributed by atoms with Gasteiger partial charge in [-0.25, -0.2) is 0 Å². The Balaban J connectivity index is 1.48. The Hall–Kier alpha value is -0.160. The Kier molecular flexibility index (Phi) is 8.31. The van der Waals surface area contributed by atoms with Crippen molar-refractivity contribution < 1.29 is 14.2 Å². The van der Waals surface area contributed by atoms with Crippen LogP contribution in [0, 0.1) is 5.92 Å².